The van der Waals surface area contributed by atoms with Crippen molar-refractivity contribution >= 4 is 5.78 Å². The fourth-order valence-electron chi connectivity index (χ4n) is 2.37. The molecule has 0 N–H and O–H groups in total. The van der Waals surface area contributed by atoms with Gasteiger partial charge in [0.1, 0.15) is 5.78 Å². The molecular weight excluding hydrogens is 240 g/mol. The van der Waals surface area contributed by atoms with E-state index in [2.05, 4.69) is 13.0 Å². The number of rotatable bonds is 7. The van der Waals surface area contributed by atoms with Crippen LogP contribution in [0.1, 0.15) is 45.1 Å². The number of carbonyl (C=O) groups is 1. The van der Waals surface area contributed by atoms with Gasteiger partial charge in [-0.2, -0.15) is 0 Å². The van der Waals surface area contributed by atoms with Gasteiger partial charge in [0.2, 0.25) is 0 Å². The Labute approximate surface area is 114 Å². The monoisotopic (exact) mass is 262 g/mol. The average Bonchev–Trinajstić information content (AvgIpc) is 3.18. The molecule has 1 aliphatic rings. The summed E-state index contributed by atoms with van der Waals surface area (Å²) in [5.41, 5.74) is 1.19. The minimum Gasteiger partial charge on any atom is -0.490 e. The highest BCUT2D eigenvalue weighted by molar-refractivity contribution is 5.82. The maximum Gasteiger partial charge on any atom is 0.161 e. The predicted octanol–water partition coefficient (Wildman–Crippen LogP) is 3.57. The van der Waals surface area contributed by atoms with E-state index in [1.165, 1.54) is 5.56 Å². The van der Waals surface area contributed by atoms with Crippen molar-refractivity contribution in [3.8, 4) is 11.5 Å². The summed E-state index contributed by atoms with van der Waals surface area (Å²) in [5, 5.41) is 0. The largest absolute Gasteiger partial charge is 0.490 e. The molecule has 104 valence electrons. The number of benzene rings is 1. The van der Waals surface area contributed by atoms with Gasteiger partial charge in [0.05, 0.1) is 13.2 Å². The third-order valence-corrected chi connectivity index (χ3v) is 3.47. The summed E-state index contributed by atoms with van der Waals surface area (Å²) in [7, 11) is 0. The van der Waals surface area contributed by atoms with Crippen molar-refractivity contribution in [1.29, 1.82) is 0 Å². The molecule has 2 atom stereocenters. The SMILES string of the molecule is CCCOc1ccc(C2CC2C(C)=O)cc1OCC. The van der Waals surface area contributed by atoms with Crippen LogP contribution >= 0.6 is 0 Å². The first kappa shape index (κ1) is 13.9. The summed E-state index contributed by atoms with van der Waals surface area (Å²) < 4.78 is 11.3. The topological polar surface area (TPSA) is 35.5 Å². The lowest BCUT2D eigenvalue weighted by molar-refractivity contribution is -0.118. The number of ketones is 1. The highest BCUT2D eigenvalue weighted by Crippen LogP contribution is 2.49. The molecule has 0 heterocycles. The first-order chi connectivity index (χ1) is 9.17. The first-order valence-electron chi connectivity index (χ1n) is 7.07. The highest BCUT2D eigenvalue weighted by atomic mass is 16.5. The van der Waals surface area contributed by atoms with Crippen molar-refractivity contribution in [1.82, 2.24) is 0 Å². The van der Waals surface area contributed by atoms with E-state index in [0.29, 0.717) is 19.1 Å². The third kappa shape index (κ3) is 3.28. The van der Waals surface area contributed by atoms with E-state index in [1.807, 2.05) is 19.1 Å². The average molecular weight is 262 g/mol. The lowest BCUT2D eigenvalue weighted by atomic mass is 10.1. The Morgan fingerprint density at radius 2 is 2.05 bits per heavy atom. The van der Waals surface area contributed by atoms with Gasteiger partial charge in [-0.15, -0.1) is 0 Å². The van der Waals surface area contributed by atoms with Gasteiger partial charge >= 0.3 is 0 Å². The lowest BCUT2D eigenvalue weighted by Gasteiger charge is -2.13. The van der Waals surface area contributed by atoms with Gasteiger partial charge < -0.3 is 9.47 Å². The van der Waals surface area contributed by atoms with E-state index in [4.69, 9.17) is 9.47 Å². The van der Waals surface area contributed by atoms with Crippen molar-refractivity contribution in [2.75, 3.05) is 13.2 Å². The van der Waals surface area contributed by atoms with E-state index in [0.717, 1.165) is 24.3 Å². The Bertz CT molecular complexity index is 453. The molecule has 0 aromatic heterocycles. The molecule has 0 spiro atoms. The molecule has 0 aliphatic heterocycles. The highest BCUT2D eigenvalue weighted by Gasteiger charge is 2.41. The Kier molecular flexibility index (Phi) is 4.46. The molecule has 1 aromatic carbocycles. The van der Waals surface area contributed by atoms with Gasteiger partial charge in [0.25, 0.3) is 0 Å². The molecule has 2 unspecified atom stereocenters. The van der Waals surface area contributed by atoms with Crippen LogP contribution in [-0.4, -0.2) is 19.0 Å². The molecule has 0 bridgehead atoms. The molecule has 3 nitrogen and oxygen atoms in total. The summed E-state index contributed by atoms with van der Waals surface area (Å²) in [6.45, 7) is 7.03. The zero-order chi connectivity index (χ0) is 13.8. The lowest BCUT2D eigenvalue weighted by Crippen LogP contribution is -2.01. The van der Waals surface area contributed by atoms with Crippen LogP contribution in [0.5, 0.6) is 11.5 Å². The maximum atomic E-state index is 11.4. The molecular formula is C16H22O3. The van der Waals surface area contributed by atoms with Crippen molar-refractivity contribution < 1.29 is 14.3 Å². The normalized spacial score (nSPS) is 21.0. The summed E-state index contributed by atoms with van der Waals surface area (Å²) >= 11 is 0. The number of hydrogen-bond donors (Lipinski definition) is 0. The van der Waals surface area contributed by atoms with Crippen molar-refractivity contribution in [2.45, 2.75) is 39.5 Å². The smallest absolute Gasteiger partial charge is 0.161 e. The maximum absolute atomic E-state index is 11.4. The standard InChI is InChI=1S/C16H22O3/c1-4-8-19-15-7-6-12(9-16(15)18-5-2)14-10-13(14)11(3)17/h6-7,9,13-14H,4-5,8,10H2,1-3H3. The van der Waals surface area contributed by atoms with E-state index in [1.54, 1.807) is 6.92 Å². The van der Waals surface area contributed by atoms with Crippen LogP contribution in [0.15, 0.2) is 18.2 Å². The fourth-order valence-corrected chi connectivity index (χ4v) is 2.37. The molecule has 1 fully saturated rings. The van der Waals surface area contributed by atoms with Gasteiger partial charge in [-0.05, 0) is 50.3 Å². The van der Waals surface area contributed by atoms with Crippen LogP contribution in [0.25, 0.3) is 0 Å². The first-order valence-corrected chi connectivity index (χ1v) is 7.07. The van der Waals surface area contributed by atoms with Crippen LogP contribution in [-0.2, 0) is 4.79 Å². The van der Waals surface area contributed by atoms with E-state index in [-0.39, 0.29) is 11.7 Å². The van der Waals surface area contributed by atoms with Gasteiger partial charge in [0.15, 0.2) is 11.5 Å². The Hall–Kier alpha value is -1.51. The van der Waals surface area contributed by atoms with Crippen LogP contribution in [0.2, 0.25) is 0 Å². The Balaban J connectivity index is 2.14. The third-order valence-electron chi connectivity index (χ3n) is 3.47. The van der Waals surface area contributed by atoms with Gasteiger partial charge in [0, 0.05) is 5.92 Å². The molecule has 3 heteroatoms. The molecule has 1 aliphatic carbocycles. The van der Waals surface area contributed by atoms with E-state index in [9.17, 15) is 4.79 Å². The fraction of sp³-hybridized carbons (Fsp3) is 0.562. The molecule has 2 rings (SSSR count). The van der Waals surface area contributed by atoms with Crippen molar-refractivity contribution in [3.05, 3.63) is 23.8 Å². The zero-order valence-corrected chi connectivity index (χ0v) is 11.9. The minimum atomic E-state index is 0.205. The van der Waals surface area contributed by atoms with Gasteiger partial charge in [-0.1, -0.05) is 13.0 Å². The van der Waals surface area contributed by atoms with Crippen molar-refractivity contribution in [2.24, 2.45) is 5.92 Å². The van der Waals surface area contributed by atoms with Crippen LogP contribution in [0, 0.1) is 5.92 Å². The van der Waals surface area contributed by atoms with Crippen LogP contribution in [0.4, 0.5) is 0 Å². The number of carbonyl (C=O) groups excluding carboxylic acids is 1. The predicted molar refractivity (Wildman–Crippen MR) is 74.9 cm³/mol. The molecule has 0 amide bonds. The minimum absolute atomic E-state index is 0.205. The quantitative estimate of drug-likeness (QED) is 0.753. The Morgan fingerprint density at radius 1 is 1.26 bits per heavy atom. The zero-order valence-electron chi connectivity index (χ0n) is 11.9. The molecule has 0 saturated heterocycles. The number of ether oxygens (including phenoxy) is 2. The Morgan fingerprint density at radius 3 is 2.63 bits per heavy atom. The second kappa shape index (κ2) is 6.09. The van der Waals surface area contributed by atoms with Crippen LogP contribution < -0.4 is 9.47 Å². The number of hydrogen-bond acceptors (Lipinski definition) is 3. The van der Waals surface area contributed by atoms with E-state index >= 15 is 0 Å². The summed E-state index contributed by atoms with van der Waals surface area (Å²) in [6.07, 6.45) is 1.94. The summed E-state index contributed by atoms with van der Waals surface area (Å²) in [4.78, 5) is 11.4. The second-order valence-electron chi connectivity index (χ2n) is 5.05. The summed E-state index contributed by atoms with van der Waals surface area (Å²) in [6, 6.07) is 6.05. The second-order valence-corrected chi connectivity index (χ2v) is 5.05. The van der Waals surface area contributed by atoms with E-state index < -0.39 is 0 Å². The van der Waals surface area contributed by atoms with Crippen molar-refractivity contribution in [3.63, 3.8) is 0 Å². The molecule has 1 saturated carbocycles. The molecule has 19 heavy (non-hydrogen) atoms. The number of Topliss-reactive ketones (excluding diaryl/α,β-unsaturated/α-hetero) is 1. The molecule has 1 aromatic rings. The van der Waals surface area contributed by atoms with Gasteiger partial charge in [-0.25, -0.2) is 0 Å². The van der Waals surface area contributed by atoms with Gasteiger partial charge in [-0.3, -0.25) is 4.79 Å². The van der Waals surface area contributed by atoms with Crippen LogP contribution in [0.3, 0.4) is 0 Å². The molecule has 0 radical (unpaired) electrons. The summed E-state index contributed by atoms with van der Waals surface area (Å²) in [5.74, 6) is 2.46.